The van der Waals surface area contributed by atoms with Crippen LogP contribution < -0.4 is 0 Å². The highest BCUT2D eigenvalue weighted by molar-refractivity contribution is 5.68. The summed E-state index contributed by atoms with van der Waals surface area (Å²) < 4.78 is 0. The van der Waals surface area contributed by atoms with E-state index in [1.165, 1.54) is 6.21 Å². The van der Waals surface area contributed by atoms with E-state index in [9.17, 15) is 0 Å². The van der Waals surface area contributed by atoms with Crippen LogP contribution in [0.2, 0.25) is 0 Å². The van der Waals surface area contributed by atoms with E-state index in [4.69, 9.17) is 5.41 Å². The number of aromatic nitrogens is 1. The highest BCUT2D eigenvalue weighted by atomic mass is 14.6. The molecule has 0 spiro atoms. The molecule has 1 rings (SSSR count). The van der Waals surface area contributed by atoms with Crippen molar-refractivity contribution in [3.05, 3.63) is 66.6 Å². The minimum atomic E-state index is 1.16. The first-order chi connectivity index (χ1) is 7.43. The van der Waals surface area contributed by atoms with Crippen LogP contribution in [0.3, 0.4) is 0 Å². The molecule has 0 aromatic carbocycles. The number of hydrogen-bond donors (Lipinski definition) is 2. The Morgan fingerprint density at radius 3 is 2.20 bits per heavy atom. The fourth-order valence-corrected chi connectivity index (χ4v) is 0.983. The molecule has 2 N–H and O–H groups in total. The van der Waals surface area contributed by atoms with Gasteiger partial charge in [-0.1, -0.05) is 42.5 Å². The molecule has 0 amide bonds. The van der Waals surface area contributed by atoms with Gasteiger partial charge >= 0.3 is 0 Å². The molecule has 1 aromatic rings. The van der Waals surface area contributed by atoms with Crippen LogP contribution in [-0.4, -0.2) is 11.2 Å². The summed E-state index contributed by atoms with van der Waals surface area (Å²) in [4.78, 5) is 2.99. The van der Waals surface area contributed by atoms with Gasteiger partial charge in [-0.3, -0.25) is 0 Å². The van der Waals surface area contributed by atoms with Gasteiger partial charge < -0.3 is 10.4 Å². The Morgan fingerprint density at radius 1 is 0.933 bits per heavy atom. The van der Waals surface area contributed by atoms with Crippen molar-refractivity contribution in [2.24, 2.45) is 0 Å². The van der Waals surface area contributed by atoms with Crippen LogP contribution in [0.25, 0.3) is 6.08 Å². The fourth-order valence-electron chi connectivity index (χ4n) is 0.983. The minimum Gasteiger partial charge on any atom is -0.367 e. The van der Waals surface area contributed by atoms with Crippen LogP contribution in [0.4, 0.5) is 0 Å². The minimum absolute atomic E-state index is 1.16. The second kappa shape index (κ2) is 7.33. The molecule has 15 heavy (non-hydrogen) atoms. The molecule has 0 aliphatic carbocycles. The Balaban J connectivity index is 2.30. The number of allylic oxidation sites excluding steroid dienone is 7. The lowest BCUT2D eigenvalue weighted by Gasteiger charge is -1.78. The van der Waals surface area contributed by atoms with Crippen molar-refractivity contribution in [3.63, 3.8) is 0 Å². The molecule has 0 aliphatic rings. The third-order valence-corrected chi connectivity index (χ3v) is 1.67. The maximum Gasteiger partial charge on any atom is 0.0177 e. The van der Waals surface area contributed by atoms with Gasteiger partial charge in [0.15, 0.2) is 0 Å². The van der Waals surface area contributed by atoms with Crippen molar-refractivity contribution < 1.29 is 0 Å². The molecule has 0 saturated heterocycles. The van der Waals surface area contributed by atoms with Crippen molar-refractivity contribution in [2.75, 3.05) is 0 Å². The number of nitrogens with one attached hydrogen (secondary N) is 2. The van der Waals surface area contributed by atoms with E-state index < -0.39 is 0 Å². The van der Waals surface area contributed by atoms with Crippen LogP contribution in [0.1, 0.15) is 5.56 Å². The second-order valence-corrected chi connectivity index (χ2v) is 2.82. The first-order valence-electron chi connectivity index (χ1n) is 4.73. The maximum absolute atomic E-state index is 6.75. The summed E-state index contributed by atoms with van der Waals surface area (Å²) in [5.74, 6) is 0. The van der Waals surface area contributed by atoms with Gasteiger partial charge in [0, 0.05) is 18.6 Å². The van der Waals surface area contributed by atoms with Crippen LogP contribution in [0.5, 0.6) is 0 Å². The lowest BCUT2D eigenvalue weighted by atomic mass is 10.3. The molecule has 0 fully saturated rings. The highest BCUT2D eigenvalue weighted by Crippen LogP contribution is 1.98. The predicted molar refractivity (Wildman–Crippen MR) is 66.0 cm³/mol. The van der Waals surface area contributed by atoms with E-state index in [1.54, 1.807) is 6.08 Å². The molecule has 76 valence electrons. The van der Waals surface area contributed by atoms with Gasteiger partial charge in [-0.2, -0.15) is 0 Å². The SMILES string of the molecule is N=C/C=C/C=C/C=C/C=C/c1cc[nH]c1. The van der Waals surface area contributed by atoms with Gasteiger partial charge in [0.1, 0.15) is 0 Å². The van der Waals surface area contributed by atoms with Crippen molar-refractivity contribution in [2.45, 2.75) is 0 Å². The summed E-state index contributed by atoms with van der Waals surface area (Å²) in [5.41, 5.74) is 1.16. The summed E-state index contributed by atoms with van der Waals surface area (Å²) in [6.07, 6.45) is 20.3. The zero-order chi connectivity index (χ0) is 10.8. The van der Waals surface area contributed by atoms with Gasteiger partial charge in [0.05, 0.1) is 0 Å². The van der Waals surface area contributed by atoms with E-state index in [-0.39, 0.29) is 0 Å². The quantitative estimate of drug-likeness (QED) is 0.538. The summed E-state index contributed by atoms with van der Waals surface area (Å²) in [6, 6.07) is 2.01. The Labute approximate surface area is 89.9 Å². The Kier molecular flexibility index (Phi) is 5.37. The number of H-pyrrole nitrogens is 1. The van der Waals surface area contributed by atoms with Crippen LogP contribution in [0, 0.1) is 5.41 Å². The smallest absolute Gasteiger partial charge is 0.0177 e. The summed E-state index contributed by atoms with van der Waals surface area (Å²) in [7, 11) is 0. The summed E-state index contributed by atoms with van der Waals surface area (Å²) >= 11 is 0. The van der Waals surface area contributed by atoms with Crippen molar-refractivity contribution in [1.29, 1.82) is 5.41 Å². The van der Waals surface area contributed by atoms with E-state index in [1.807, 2.05) is 61.0 Å². The lowest BCUT2D eigenvalue weighted by molar-refractivity contribution is 1.41. The van der Waals surface area contributed by atoms with Gasteiger partial charge in [0.2, 0.25) is 0 Å². The molecule has 2 heteroatoms. The monoisotopic (exact) mass is 198 g/mol. The van der Waals surface area contributed by atoms with E-state index in [0.717, 1.165) is 5.56 Å². The highest BCUT2D eigenvalue weighted by Gasteiger charge is 1.80. The summed E-state index contributed by atoms with van der Waals surface area (Å²) in [5, 5.41) is 6.75. The number of hydrogen-bond acceptors (Lipinski definition) is 1. The Hall–Kier alpha value is -2.09. The largest absolute Gasteiger partial charge is 0.367 e. The van der Waals surface area contributed by atoms with E-state index in [2.05, 4.69) is 4.98 Å². The molecule has 0 radical (unpaired) electrons. The third-order valence-electron chi connectivity index (χ3n) is 1.67. The molecule has 1 heterocycles. The van der Waals surface area contributed by atoms with Gasteiger partial charge in [-0.15, -0.1) is 0 Å². The molecule has 1 aromatic heterocycles. The summed E-state index contributed by atoms with van der Waals surface area (Å²) in [6.45, 7) is 0. The lowest BCUT2D eigenvalue weighted by Crippen LogP contribution is -1.58. The van der Waals surface area contributed by atoms with Crippen molar-refractivity contribution >= 4 is 12.3 Å². The van der Waals surface area contributed by atoms with Gasteiger partial charge in [0.25, 0.3) is 0 Å². The van der Waals surface area contributed by atoms with Gasteiger partial charge in [-0.05, 0) is 17.7 Å². The normalized spacial score (nSPS) is 12.5. The topological polar surface area (TPSA) is 39.6 Å². The third kappa shape index (κ3) is 5.26. The zero-order valence-corrected chi connectivity index (χ0v) is 8.43. The molecule has 0 saturated carbocycles. The van der Waals surface area contributed by atoms with Crippen molar-refractivity contribution in [1.82, 2.24) is 4.98 Å². The molecule has 0 unspecified atom stereocenters. The molecular weight excluding hydrogens is 184 g/mol. The standard InChI is InChI=1S/C13H14N2/c14-10-7-5-3-1-2-4-6-8-13-9-11-15-12-13/h1-12,14-15H/b3-1+,4-2+,7-5+,8-6+,14-10?. The van der Waals surface area contributed by atoms with Crippen LogP contribution >= 0.6 is 0 Å². The Bertz CT molecular complexity index is 379. The Morgan fingerprint density at radius 2 is 1.60 bits per heavy atom. The first-order valence-corrected chi connectivity index (χ1v) is 4.73. The number of rotatable bonds is 5. The van der Waals surface area contributed by atoms with Crippen LogP contribution in [-0.2, 0) is 0 Å². The molecule has 0 atom stereocenters. The van der Waals surface area contributed by atoms with Crippen LogP contribution in [0.15, 0.2) is 61.0 Å². The van der Waals surface area contributed by atoms with E-state index >= 15 is 0 Å². The number of aromatic amines is 1. The first kappa shape index (κ1) is 11.0. The average Bonchev–Trinajstić information content (AvgIpc) is 2.75. The second-order valence-electron chi connectivity index (χ2n) is 2.82. The van der Waals surface area contributed by atoms with Gasteiger partial charge in [-0.25, -0.2) is 0 Å². The molecular formula is C13H14N2. The zero-order valence-electron chi connectivity index (χ0n) is 8.43. The average molecular weight is 198 g/mol. The fraction of sp³-hybridized carbons (Fsp3) is 0. The maximum atomic E-state index is 6.75. The predicted octanol–water partition coefficient (Wildman–Crippen LogP) is 3.35. The molecule has 2 nitrogen and oxygen atoms in total. The van der Waals surface area contributed by atoms with Crippen molar-refractivity contribution in [3.8, 4) is 0 Å². The van der Waals surface area contributed by atoms with E-state index in [0.29, 0.717) is 0 Å². The molecule has 0 bridgehead atoms. The molecule has 0 aliphatic heterocycles.